The first-order valence-electron chi connectivity index (χ1n) is 8.48. The molecule has 0 spiro atoms. The van der Waals surface area contributed by atoms with Crippen LogP contribution in [0, 0.1) is 5.92 Å². The summed E-state index contributed by atoms with van der Waals surface area (Å²) in [6.07, 6.45) is 6.74. The summed E-state index contributed by atoms with van der Waals surface area (Å²) in [4.78, 5) is 12.8. The summed E-state index contributed by atoms with van der Waals surface area (Å²) in [5, 5.41) is 0. The normalized spacial score (nSPS) is 21.9. The highest BCUT2D eigenvalue weighted by Crippen LogP contribution is 2.45. The Kier molecular flexibility index (Phi) is 4.32. The summed E-state index contributed by atoms with van der Waals surface area (Å²) in [5.41, 5.74) is 1.90. The molecule has 0 amide bonds. The summed E-state index contributed by atoms with van der Waals surface area (Å²) in [7, 11) is -3.23. The molecular weight excluding hydrogens is 324 g/mol. The van der Waals surface area contributed by atoms with E-state index < -0.39 is 15.4 Å². The maximum absolute atomic E-state index is 12.5. The van der Waals surface area contributed by atoms with Crippen molar-refractivity contribution in [3.8, 4) is 0 Å². The molecule has 1 fully saturated rings. The van der Waals surface area contributed by atoms with Gasteiger partial charge in [-0.1, -0.05) is 31.4 Å². The summed E-state index contributed by atoms with van der Waals surface area (Å²) in [6.45, 7) is 3.81. The van der Waals surface area contributed by atoms with Gasteiger partial charge in [0.2, 0.25) is 0 Å². The molecule has 0 aromatic heterocycles. The van der Waals surface area contributed by atoms with Crippen LogP contribution in [0.1, 0.15) is 51.5 Å². The molecule has 0 unspecified atom stereocenters. The molecule has 2 aliphatic rings. The lowest BCUT2D eigenvalue weighted by Gasteiger charge is -2.24. The van der Waals surface area contributed by atoms with Crippen molar-refractivity contribution >= 4 is 21.4 Å². The Balaban J connectivity index is 2.09. The minimum Gasteiger partial charge on any atom is -0.451 e. The Morgan fingerprint density at radius 3 is 2.17 bits per heavy atom. The van der Waals surface area contributed by atoms with Crippen molar-refractivity contribution < 1.29 is 17.9 Å². The zero-order chi connectivity index (χ0) is 17.5. The topological polar surface area (TPSA) is 60.4 Å². The fourth-order valence-corrected chi connectivity index (χ4v) is 4.53. The average Bonchev–Trinajstić information content (AvgIpc) is 2.76. The van der Waals surface area contributed by atoms with Gasteiger partial charge >= 0.3 is 5.97 Å². The number of carbonyl (C=O) groups is 1. The summed E-state index contributed by atoms with van der Waals surface area (Å²) in [5.74, 6) is 0.0340. The van der Waals surface area contributed by atoms with E-state index in [-0.39, 0.29) is 16.8 Å². The highest BCUT2D eigenvalue weighted by molar-refractivity contribution is 7.90. The lowest BCUT2D eigenvalue weighted by Crippen LogP contribution is -2.22. The summed E-state index contributed by atoms with van der Waals surface area (Å²) >= 11 is 0. The van der Waals surface area contributed by atoms with Gasteiger partial charge in [-0.3, -0.25) is 0 Å². The highest BCUT2D eigenvalue weighted by Gasteiger charge is 2.43. The highest BCUT2D eigenvalue weighted by atomic mass is 32.2. The molecule has 4 nitrogen and oxygen atoms in total. The van der Waals surface area contributed by atoms with E-state index in [9.17, 15) is 13.2 Å². The van der Waals surface area contributed by atoms with Crippen LogP contribution in [0.5, 0.6) is 0 Å². The molecule has 0 bridgehead atoms. The van der Waals surface area contributed by atoms with E-state index in [1.54, 1.807) is 24.3 Å². The van der Waals surface area contributed by atoms with E-state index in [4.69, 9.17) is 4.74 Å². The minimum absolute atomic E-state index is 0.214. The second-order valence-corrected chi connectivity index (χ2v) is 9.34. The van der Waals surface area contributed by atoms with Gasteiger partial charge in [0.15, 0.2) is 9.84 Å². The molecule has 1 aliphatic heterocycles. The minimum atomic E-state index is -3.23. The molecule has 130 valence electrons. The Bertz CT molecular complexity index is 779. The first kappa shape index (κ1) is 17.2. The molecular formula is C19H24O4S. The Morgan fingerprint density at radius 2 is 1.62 bits per heavy atom. The number of rotatable bonds is 3. The van der Waals surface area contributed by atoms with Crippen LogP contribution in [0.3, 0.4) is 0 Å². The number of hydrogen-bond acceptors (Lipinski definition) is 4. The van der Waals surface area contributed by atoms with Gasteiger partial charge in [0.25, 0.3) is 0 Å². The smallest absolute Gasteiger partial charge is 0.335 e. The monoisotopic (exact) mass is 348 g/mol. The van der Waals surface area contributed by atoms with E-state index in [1.165, 1.54) is 12.7 Å². The van der Waals surface area contributed by atoms with Gasteiger partial charge in [0.05, 0.1) is 4.90 Å². The second-order valence-electron chi connectivity index (χ2n) is 7.32. The van der Waals surface area contributed by atoms with Crippen molar-refractivity contribution in [1.29, 1.82) is 0 Å². The zero-order valence-corrected chi connectivity index (χ0v) is 15.3. The van der Waals surface area contributed by atoms with Gasteiger partial charge in [-0.25, -0.2) is 13.2 Å². The van der Waals surface area contributed by atoms with E-state index >= 15 is 0 Å². The number of ether oxygens (including phenoxy) is 1. The van der Waals surface area contributed by atoms with Crippen molar-refractivity contribution in [1.82, 2.24) is 0 Å². The Hall–Kier alpha value is -1.62. The van der Waals surface area contributed by atoms with E-state index in [0.717, 1.165) is 42.4 Å². The Morgan fingerprint density at radius 1 is 1.04 bits per heavy atom. The summed E-state index contributed by atoms with van der Waals surface area (Å²) < 4.78 is 29.0. The summed E-state index contributed by atoms with van der Waals surface area (Å²) in [6, 6.07) is 6.79. The van der Waals surface area contributed by atoms with Crippen LogP contribution >= 0.6 is 0 Å². The molecule has 5 heteroatoms. The van der Waals surface area contributed by atoms with E-state index in [0.29, 0.717) is 0 Å². The van der Waals surface area contributed by atoms with Crippen molar-refractivity contribution in [3.63, 3.8) is 0 Å². The van der Waals surface area contributed by atoms with Crippen molar-refractivity contribution in [2.45, 2.75) is 56.4 Å². The van der Waals surface area contributed by atoms with E-state index in [1.807, 2.05) is 13.8 Å². The molecule has 0 radical (unpaired) electrons. The molecule has 1 aliphatic carbocycles. The van der Waals surface area contributed by atoms with Crippen LogP contribution in [-0.2, 0) is 19.4 Å². The predicted octanol–water partition coefficient (Wildman–Crippen LogP) is 3.76. The van der Waals surface area contributed by atoms with Crippen LogP contribution < -0.4 is 0 Å². The number of benzene rings is 1. The lowest BCUT2D eigenvalue weighted by molar-refractivity contribution is -0.144. The predicted molar refractivity (Wildman–Crippen MR) is 93.2 cm³/mol. The van der Waals surface area contributed by atoms with Crippen molar-refractivity contribution in [2.75, 3.05) is 6.26 Å². The van der Waals surface area contributed by atoms with Crippen LogP contribution in [0.25, 0.3) is 5.57 Å². The van der Waals surface area contributed by atoms with E-state index in [2.05, 4.69) is 0 Å². The van der Waals surface area contributed by atoms with Gasteiger partial charge in [0.1, 0.15) is 5.60 Å². The number of carbonyl (C=O) groups excluding carboxylic acids is 1. The number of sulfone groups is 1. The zero-order valence-electron chi connectivity index (χ0n) is 14.5. The fraction of sp³-hybridized carbons (Fsp3) is 0.526. The van der Waals surface area contributed by atoms with Crippen LogP contribution in [0.15, 0.2) is 34.7 Å². The Labute approximate surface area is 143 Å². The largest absolute Gasteiger partial charge is 0.451 e. The SMILES string of the molecule is CC1(C)OC(=O)C(C2CCCCC2)=C1c1ccc(S(C)(=O)=O)cc1. The second kappa shape index (κ2) is 6.03. The lowest BCUT2D eigenvalue weighted by atomic mass is 9.78. The maximum atomic E-state index is 12.5. The van der Waals surface area contributed by atoms with Gasteiger partial charge in [-0.15, -0.1) is 0 Å². The van der Waals surface area contributed by atoms with Crippen LogP contribution in [-0.4, -0.2) is 26.2 Å². The molecule has 24 heavy (non-hydrogen) atoms. The third kappa shape index (κ3) is 3.14. The van der Waals surface area contributed by atoms with Crippen LogP contribution in [0.2, 0.25) is 0 Å². The molecule has 3 rings (SSSR count). The first-order chi connectivity index (χ1) is 11.2. The average molecular weight is 348 g/mol. The van der Waals surface area contributed by atoms with Gasteiger partial charge in [0, 0.05) is 17.4 Å². The molecule has 0 atom stereocenters. The fourth-order valence-electron chi connectivity index (χ4n) is 3.90. The number of esters is 1. The molecule has 0 saturated heterocycles. The van der Waals surface area contributed by atoms with Gasteiger partial charge in [-0.05, 0) is 50.3 Å². The van der Waals surface area contributed by atoms with Crippen molar-refractivity contribution in [2.24, 2.45) is 5.92 Å². The molecule has 1 aromatic rings. The first-order valence-corrected chi connectivity index (χ1v) is 10.4. The third-order valence-electron chi connectivity index (χ3n) is 5.02. The van der Waals surface area contributed by atoms with Gasteiger partial charge < -0.3 is 4.74 Å². The molecule has 1 heterocycles. The number of hydrogen-bond donors (Lipinski definition) is 0. The standard InChI is InChI=1S/C19H24O4S/c1-19(2)17(14-9-11-15(12-10-14)24(3,21)22)16(18(20)23-19)13-7-5-4-6-8-13/h9-13H,4-8H2,1-3H3. The number of cyclic esters (lactones) is 1. The molecule has 1 aromatic carbocycles. The van der Waals surface area contributed by atoms with Crippen LogP contribution in [0.4, 0.5) is 0 Å². The van der Waals surface area contributed by atoms with Gasteiger partial charge in [-0.2, -0.15) is 0 Å². The third-order valence-corrected chi connectivity index (χ3v) is 6.15. The quantitative estimate of drug-likeness (QED) is 0.780. The van der Waals surface area contributed by atoms with Crippen molar-refractivity contribution in [3.05, 3.63) is 35.4 Å². The maximum Gasteiger partial charge on any atom is 0.335 e. The molecule has 1 saturated carbocycles. The molecule has 0 N–H and O–H groups in total.